The van der Waals surface area contributed by atoms with E-state index in [1.165, 1.54) is 4.90 Å². The summed E-state index contributed by atoms with van der Waals surface area (Å²) in [6.45, 7) is 6.12. The average molecular weight is 274 g/mol. The molecule has 0 aromatic heterocycles. The molecular formula is C12H22N2O5. The van der Waals surface area contributed by atoms with Crippen LogP contribution in [0.1, 0.15) is 33.6 Å². The minimum Gasteiger partial charge on any atom is -0.435 e. The Morgan fingerprint density at radius 1 is 1.42 bits per heavy atom. The quantitative estimate of drug-likeness (QED) is 0.627. The molecule has 1 heterocycles. The Balaban J connectivity index is 2.98. The Bertz CT molecular complexity index is 343. The van der Waals surface area contributed by atoms with Crippen molar-refractivity contribution in [1.29, 1.82) is 0 Å². The van der Waals surface area contributed by atoms with Crippen LogP contribution < -0.4 is 0 Å². The summed E-state index contributed by atoms with van der Waals surface area (Å²) < 4.78 is 9.84. The lowest BCUT2D eigenvalue weighted by Crippen LogP contribution is -2.63. The van der Waals surface area contributed by atoms with E-state index in [1.807, 2.05) is 13.8 Å². The van der Waals surface area contributed by atoms with Crippen molar-refractivity contribution in [3.05, 3.63) is 0 Å². The van der Waals surface area contributed by atoms with Crippen molar-refractivity contribution < 1.29 is 24.3 Å². The highest BCUT2D eigenvalue weighted by Crippen LogP contribution is 2.38. The number of hydroxylamine groups is 2. The standard InChI is InChI=1S/C12H22N2O5/c1-5-12(6-2)8-13(4)10(15)14(17)9(12)19-11(16)18-7-3/h9,17H,5-8H2,1-4H3. The van der Waals surface area contributed by atoms with Crippen LogP contribution in [-0.2, 0) is 9.47 Å². The van der Waals surface area contributed by atoms with Crippen LogP contribution in [0.25, 0.3) is 0 Å². The first-order valence-corrected chi connectivity index (χ1v) is 6.48. The van der Waals surface area contributed by atoms with E-state index < -0.39 is 23.8 Å². The highest BCUT2D eigenvalue weighted by atomic mass is 16.7. The minimum absolute atomic E-state index is 0.177. The minimum atomic E-state index is -1.02. The van der Waals surface area contributed by atoms with Gasteiger partial charge in [-0.2, -0.15) is 5.06 Å². The number of ether oxygens (including phenoxy) is 2. The number of nitrogens with zero attached hydrogens (tertiary/aromatic N) is 2. The molecule has 0 aliphatic carbocycles. The summed E-state index contributed by atoms with van der Waals surface area (Å²) in [6.07, 6.45) is -0.592. The number of urea groups is 1. The van der Waals surface area contributed by atoms with Gasteiger partial charge >= 0.3 is 12.2 Å². The lowest BCUT2D eigenvalue weighted by molar-refractivity contribution is -0.234. The van der Waals surface area contributed by atoms with Crippen molar-refractivity contribution in [3.63, 3.8) is 0 Å². The fourth-order valence-electron chi connectivity index (χ4n) is 2.39. The monoisotopic (exact) mass is 274 g/mol. The van der Waals surface area contributed by atoms with Crippen LogP contribution >= 0.6 is 0 Å². The molecule has 0 aromatic rings. The Morgan fingerprint density at radius 3 is 2.47 bits per heavy atom. The fourth-order valence-corrected chi connectivity index (χ4v) is 2.39. The zero-order valence-electron chi connectivity index (χ0n) is 11.9. The SMILES string of the molecule is CCOC(=O)OC1N(O)C(=O)N(C)CC1(CC)CC. The molecule has 2 amide bonds. The molecule has 1 saturated heterocycles. The van der Waals surface area contributed by atoms with Crippen molar-refractivity contribution in [3.8, 4) is 0 Å². The normalized spacial score (nSPS) is 22.4. The molecular weight excluding hydrogens is 252 g/mol. The van der Waals surface area contributed by atoms with Gasteiger partial charge in [-0.1, -0.05) is 13.8 Å². The molecule has 110 valence electrons. The Morgan fingerprint density at radius 2 is 2.00 bits per heavy atom. The van der Waals surface area contributed by atoms with Crippen molar-refractivity contribution in [2.24, 2.45) is 5.41 Å². The summed E-state index contributed by atoms with van der Waals surface area (Å²) in [7, 11) is 1.60. The number of hydrogen-bond acceptors (Lipinski definition) is 5. The van der Waals surface area contributed by atoms with Crippen LogP contribution in [0, 0.1) is 5.41 Å². The summed E-state index contributed by atoms with van der Waals surface area (Å²) in [5.41, 5.74) is -0.510. The zero-order valence-corrected chi connectivity index (χ0v) is 11.9. The Hall–Kier alpha value is -1.50. The molecule has 0 aromatic carbocycles. The van der Waals surface area contributed by atoms with Crippen molar-refractivity contribution >= 4 is 12.2 Å². The van der Waals surface area contributed by atoms with Crippen LogP contribution in [-0.4, -0.2) is 53.8 Å². The third-order valence-corrected chi connectivity index (χ3v) is 3.70. The number of hydrogen-bond donors (Lipinski definition) is 1. The van der Waals surface area contributed by atoms with Gasteiger partial charge in [-0.3, -0.25) is 5.21 Å². The fraction of sp³-hybridized carbons (Fsp3) is 0.833. The molecule has 0 spiro atoms. The first-order valence-electron chi connectivity index (χ1n) is 6.48. The van der Waals surface area contributed by atoms with E-state index in [4.69, 9.17) is 9.47 Å². The summed E-state index contributed by atoms with van der Waals surface area (Å²) >= 11 is 0. The maximum atomic E-state index is 11.8. The van der Waals surface area contributed by atoms with Crippen molar-refractivity contribution in [1.82, 2.24) is 9.96 Å². The molecule has 1 N–H and O–H groups in total. The summed E-state index contributed by atoms with van der Waals surface area (Å²) in [5.74, 6) is 0. The topological polar surface area (TPSA) is 79.3 Å². The summed E-state index contributed by atoms with van der Waals surface area (Å²) in [5, 5.41) is 10.4. The molecule has 1 atom stereocenters. The van der Waals surface area contributed by atoms with Crippen LogP contribution in [0.4, 0.5) is 9.59 Å². The van der Waals surface area contributed by atoms with E-state index in [0.29, 0.717) is 24.4 Å². The van der Waals surface area contributed by atoms with Gasteiger partial charge in [0, 0.05) is 19.0 Å². The van der Waals surface area contributed by atoms with Crippen LogP contribution in [0.3, 0.4) is 0 Å². The molecule has 0 radical (unpaired) electrons. The molecule has 1 aliphatic heterocycles. The Labute approximate surface area is 113 Å². The van der Waals surface area contributed by atoms with E-state index in [1.54, 1.807) is 14.0 Å². The molecule has 0 bridgehead atoms. The van der Waals surface area contributed by atoms with Gasteiger partial charge in [-0.25, -0.2) is 9.59 Å². The van der Waals surface area contributed by atoms with Crippen LogP contribution in [0.15, 0.2) is 0 Å². The molecule has 19 heavy (non-hydrogen) atoms. The summed E-state index contributed by atoms with van der Waals surface area (Å²) in [6, 6.07) is -0.591. The molecule has 1 unspecified atom stereocenters. The second kappa shape index (κ2) is 6.10. The van der Waals surface area contributed by atoms with Gasteiger partial charge in [0.05, 0.1) is 6.61 Å². The number of carbonyl (C=O) groups excluding carboxylic acids is 2. The predicted octanol–water partition coefficient (Wildman–Crippen LogP) is 2.05. The maximum absolute atomic E-state index is 11.8. The molecule has 7 heteroatoms. The van der Waals surface area contributed by atoms with Gasteiger partial charge in [0.15, 0.2) is 0 Å². The van der Waals surface area contributed by atoms with E-state index >= 15 is 0 Å². The summed E-state index contributed by atoms with van der Waals surface area (Å²) in [4.78, 5) is 24.6. The average Bonchev–Trinajstić information content (AvgIpc) is 2.40. The third-order valence-electron chi connectivity index (χ3n) is 3.70. The number of amides is 2. The van der Waals surface area contributed by atoms with Crippen LogP contribution in [0.2, 0.25) is 0 Å². The van der Waals surface area contributed by atoms with Crippen molar-refractivity contribution in [2.45, 2.75) is 39.8 Å². The molecule has 7 nitrogen and oxygen atoms in total. The highest BCUT2D eigenvalue weighted by Gasteiger charge is 2.50. The van der Waals surface area contributed by atoms with Gasteiger partial charge < -0.3 is 14.4 Å². The lowest BCUT2D eigenvalue weighted by atomic mass is 9.78. The first kappa shape index (κ1) is 15.6. The van der Waals surface area contributed by atoms with Crippen LogP contribution in [0.5, 0.6) is 0 Å². The first-order chi connectivity index (χ1) is 8.91. The second-order valence-electron chi connectivity index (χ2n) is 4.71. The van der Waals surface area contributed by atoms with E-state index in [2.05, 4.69) is 0 Å². The van der Waals surface area contributed by atoms with Gasteiger partial charge in [-0.05, 0) is 19.8 Å². The van der Waals surface area contributed by atoms with E-state index in [-0.39, 0.29) is 6.61 Å². The van der Waals surface area contributed by atoms with Gasteiger partial charge in [0.2, 0.25) is 6.23 Å². The molecule has 1 rings (SSSR count). The largest absolute Gasteiger partial charge is 0.510 e. The number of carbonyl (C=O) groups is 2. The van der Waals surface area contributed by atoms with Gasteiger partial charge in [0.1, 0.15) is 0 Å². The molecule has 1 fully saturated rings. The van der Waals surface area contributed by atoms with E-state index in [9.17, 15) is 14.8 Å². The third kappa shape index (κ3) is 2.91. The smallest absolute Gasteiger partial charge is 0.435 e. The zero-order chi connectivity index (χ0) is 14.6. The second-order valence-corrected chi connectivity index (χ2v) is 4.71. The van der Waals surface area contributed by atoms with Crippen molar-refractivity contribution in [2.75, 3.05) is 20.2 Å². The Kier molecular flexibility index (Phi) is 4.99. The number of rotatable bonds is 4. The molecule has 0 saturated carbocycles. The predicted molar refractivity (Wildman–Crippen MR) is 66.6 cm³/mol. The van der Waals surface area contributed by atoms with Gasteiger partial charge in [0.25, 0.3) is 0 Å². The lowest BCUT2D eigenvalue weighted by Gasteiger charge is -2.48. The van der Waals surface area contributed by atoms with Gasteiger partial charge in [-0.15, -0.1) is 0 Å². The maximum Gasteiger partial charge on any atom is 0.510 e. The molecule has 1 aliphatic rings. The highest BCUT2D eigenvalue weighted by molar-refractivity contribution is 5.74. The van der Waals surface area contributed by atoms with E-state index in [0.717, 1.165) is 0 Å².